The SMILES string of the molecule is COC(=O)c1ccc(F)c(NC(=O)CCOc2ccc(Br)cc2)c1. The Morgan fingerprint density at radius 2 is 1.88 bits per heavy atom. The molecule has 2 aromatic rings. The van der Waals surface area contributed by atoms with E-state index in [9.17, 15) is 14.0 Å². The lowest BCUT2D eigenvalue weighted by molar-refractivity contribution is -0.116. The molecule has 0 fully saturated rings. The number of ether oxygens (including phenoxy) is 2. The number of methoxy groups -OCH3 is 1. The zero-order valence-electron chi connectivity index (χ0n) is 12.8. The molecule has 0 heterocycles. The van der Waals surface area contributed by atoms with Gasteiger partial charge in [-0.15, -0.1) is 0 Å². The molecule has 126 valence electrons. The summed E-state index contributed by atoms with van der Waals surface area (Å²) in [6.45, 7) is 0.145. The van der Waals surface area contributed by atoms with Crippen LogP contribution in [0.15, 0.2) is 46.9 Å². The molecule has 2 aromatic carbocycles. The van der Waals surface area contributed by atoms with Gasteiger partial charge in [0.25, 0.3) is 0 Å². The van der Waals surface area contributed by atoms with E-state index in [2.05, 4.69) is 26.0 Å². The second-order valence-electron chi connectivity index (χ2n) is 4.79. The molecule has 0 atom stereocenters. The molecule has 7 heteroatoms. The predicted octanol–water partition coefficient (Wildman–Crippen LogP) is 3.78. The van der Waals surface area contributed by atoms with Crippen molar-refractivity contribution < 1.29 is 23.5 Å². The molecule has 1 N–H and O–H groups in total. The monoisotopic (exact) mass is 395 g/mol. The predicted molar refractivity (Wildman–Crippen MR) is 90.6 cm³/mol. The maximum absolute atomic E-state index is 13.7. The van der Waals surface area contributed by atoms with Crippen LogP contribution in [0.25, 0.3) is 0 Å². The van der Waals surface area contributed by atoms with Gasteiger partial charge < -0.3 is 14.8 Å². The minimum absolute atomic E-state index is 0.0396. The van der Waals surface area contributed by atoms with Crippen molar-refractivity contribution in [2.45, 2.75) is 6.42 Å². The van der Waals surface area contributed by atoms with Crippen molar-refractivity contribution in [3.63, 3.8) is 0 Å². The largest absolute Gasteiger partial charge is 0.493 e. The van der Waals surface area contributed by atoms with Crippen LogP contribution in [0, 0.1) is 5.82 Å². The zero-order valence-corrected chi connectivity index (χ0v) is 14.4. The fourth-order valence-electron chi connectivity index (χ4n) is 1.87. The molecule has 0 bridgehead atoms. The van der Waals surface area contributed by atoms with Crippen molar-refractivity contribution in [3.8, 4) is 5.75 Å². The summed E-state index contributed by atoms with van der Waals surface area (Å²) in [5.74, 6) is -1.04. The van der Waals surface area contributed by atoms with Gasteiger partial charge in [-0.3, -0.25) is 4.79 Å². The van der Waals surface area contributed by atoms with E-state index in [1.54, 1.807) is 12.1 Å². The second-order valence-corrected chi connectivity index (χ2v) is 5.70. The highest BCUT2D eigenvalue weighted by atomic mass is 79.9. The van der Waals surface area contributed by atoms with Crippen LogP contribution in [-0.2, 0) is 9.53 Å². The Balaban J connectivity index is 1.90. The third kappa shape index (κ3) is 5.06. The van der Waals surface area contributed by atoms with Gasteiger partial charge in [0.15, 0.2) is 0 Å². The van der Waals surface area contributed by atoms with E-state index in [0.29, 0.717) is 5.75 Å². The van der Waals surface area contributed by atoms with E-state index in [1.165, 1.54) is 19.2 Å². The third-order valence-electron chi connectivity index (χ3n) is 3.07. The molecule has 0 aliphatic rings. The molecule has 24 heavy (non-hydrogen) atoms. The quantitative estimate of drug-likeness (QED) is 0.755. The number of rotatable bonds is 6. The number of benzene rings is 2. The van der Waals surface area contributed by atoms with Gasteiger partial charge in [-0.1, -0.05) is 15.9 Å². The van der Waals surface area contributed by atoms with Crippen molar-refractivity contribution in [1.82, 2.24) is 0 Å². The standard InChI is InChI=1S/C17H15BrFNO4/c1-23-17(22)11-2-7-14(19)15(10-11)20-16(21)8-9-24-13-5-3-12(18)4-6-13/h2-7,10H,8-9H2,1H3,(H,20,21). The first-order chi connectivity index (χ1) is 11.5. The van der Waals surface area contributed by atoms with Gasteiger partial charge in [-0.05, 0) is 42.5 Å². The minimum Gasteiger partial charge on any atom is -0.493 e. The van der Waals surface area contributed by atoms with Crippen molar-refractivity contribution in [1.29, 1.82) is 0 Å². The fraction of sp³-hybridized carbons (Fsp3) is 0.176. The van der Waals surface area contributed by atoms with Crippen LogP contribution in [0.5, 0.6) is 5.75 Å². The number of amides is 1. The van der Waals surface area contributed by atoms with Crippen LogP contribution in [0.3, 0.4) is 0 Å². The number of hydrogen-bond acceptors (Lipinski definition) is 4. The van der Waals surface area contributed by atoms with Crippen LogP contribution < -0.4 is 10.1 Å². The van der Waals surface area contributed by atoms with Gasteiger partial charge in [0, 0.05) is 4.47 Å². The van der Waals surface area contributed by atoms with Crippen molar-refractivity contribution >= 4 is 33.5 Å². The zero-order chi connectivity index (χ0) is 17.5. The highest BCUT2D eigenvalue weighted by Crippen LogP contribution is 2.18. The minimum atomic E-state index is -0.634. The molecule has 0 aromatic heterocycles. The molecule has 0 unspecified atom stereocenters. The number of anilines is 1. The van der Waals surface area contributed by atoms with Crippen LogP contribution >= 0.6 is 15.9 Å². The Hall–Kier alpha value is -2.41. The molecule has 0 saturated carbocycles. The van der Waals surface area contributed by atoms with Gasteiger partial charge >= 0.3 is 5.97 Å². The molecule has 2 rings (SSSR count). The third-order valence-corrected chi connectivity index (χ3v) is 3.60. The Bertz CT molecular complexity index is 734. The van der Waals surface area contributed by atoms with Crippen molar-refractivity contribution in [2.75, 3.05) is 19.0 Å². The first-order valence-electron chi connectivity index (χ1n) is 7.05. The molecule has 5 nitrogen and oxygen atoms in total. The summed E-state index contributed by atoms with van der Waals surface area (Å²) in [5.41, 5.74) is 0.0758. The van der Waals surface area contributed by atoms with E-state index in [-0.39, 0.29) is 24.3 Å². The molecular formula is C17H15BrFNO4. The van der Waals surface area contributed by atoms with E-state index in [0.717, 1.165) is 10.5 Å². The summed E-state index contributed by atoms with van der Waals surface area (Å²) in [6, 6.07) is 10.8. The number of hydrogen-bond donors (Lipinski definition) is 1. The number of carbonyl (C=O) groups is 2. The number of halogens is 2. The molecule has 0 spiro atoms. The van der Waals surface area contributed by atoms with E-state index < -0.39 is 17.7 Å². The summed E-state index contributed by atoms with van der Waals surface area (Å²) < 4.78 is 24.6. The average Bonchev–Trinajstić information content (AvgIpc) is 2.58. The first-order valence-corrected chi connectivity index (χ1v) is 7.85. The molecule has 0 saturated heterocycles. The highest BCUT2D eigenvalue weighted by Gasteiger charge is 2.12. The van der Waals surface area contributed by atoms with Gasteiger partial charge in [0.1, 0.15) is 11.6 Å². The van der Waals surface area contributed by atoms with E-state index in [4.69, 9.17) is 4.74 Å². The maximum atomic E-state index is 13.7. The van der Waals surface area contributed by atoms with Crippen LogP contribution in [-0.4, -0.2) is 25.6 Å². The Kier molecular flexibility index (Phi) is 6.31. The van der Waals surface area contributed by atoms with Crippen LogP contribution in [0.4, 0.5) is 10.1 Å². The van der Waals surface area contributed by atoms with Gasteiger partial charge in [-0.2, -0.15) is 0 Å². The number of carbonyl (C=O) groups excluding carboxylic acids is 2. The number of esters is 1. The van der Waals surface area contributed by atoms with Crippen LogP contribution in [0.2, 0.25) is 0 Å². The summed E-state index contributed by atoms with van der Waals surface area (Å²) in [5, 5.41) is 2.42. The number of nitrogens with one attached hydrogen (secondary N) is 1. The lowest BCUT2D eigenvalue weighted by Gasteiger charge is -2.09. The van der Waals surface area contributed by atoms with E-state index in [1.807, 2.05) is 12.1 Å². The van der Waals surface area contributed by atoms with Crippen LogP contribution in [0.1, 0.15) is 16.8 Å². The summed E-state index contributed by atoms with van der Waals surface area (Å²) >= 11 is 3.31. The molecule has 0 radical (unpaired) electrons. The van der Waals surface area contributed by atoms with Gasteiger partial charge in [0.2, 0.25) is 5.91 Å². The first kappa shape index (κ1) is 17.9. The molecule has 0 aliphatic heterocycles. The Labute approximate surface area is 146 Å². The van der Waals surface area contributed by atoms with Crippen molar-refractivity contribution in [3.05, 3.63) is 58.3 Å². The van der Waals surface area contributed by atoms with Crippen molar-refractivity contribution in [2.24, 2.45) is 0 Å². The Morgan fingerprint density at radius 1 is 1.17 bits per heavy atom. The smallest absolute Gasteiger partial charge is 0.337 e. The van der Waals surface area contributed by atoms with Gasteiger partial charge in [-0.25, -0.2) is 9.18 Å². The maximum Gasteiger partial charge on any atom is 0.337 e. The lowest BCUT2D eigenvalue weighted by atomic mass is 10.2. The fourth-order valence-corrected chi connectivity index (χ4v) is 2.14. The summed E-state index contributed by atoms with van der Waals surface area (Å²) in [4.78, 5) is 23.3. The summed E-state index contributed by atoms with van der Waals surface area (Å²) in [6.07, 6.45) is 0.0396. The van der Waals surface area contributed by atoms with Gasteiger partial charge in [0.05, 0.1) is 31.4 Å². The highest BCUT2D eigenvalue weighted by molar-refractivity contribution is 9.10. The normalized spacial score (nSPS) is 10.1. The topological polar surface area (TPSA) is 64.6 Å². The molecule has 1 amide bonds. The Morgan fingerprint density at radius 3 is 2.54 bits per heavy atom. The lowest BCUT2D eigenvalue weighted by Crippen LogP contribution is -2.16. The second kappa shape index (κ2) is 8.44. The van der Waals surface area contributed by atoms with E-state index >= 15 is 0 Å². The summed E-state index contributed by atoms with van der Waals surface area (Å²) in [7, 11) is 1.23. The average molecular weight is 396 g/mol. The molecular weight excluding hydrogens is 381 g/mol. The molecule has 0 aliphatic carbocycles.